The molecule has 28 heavy (non-hydrogen) atoms. The van der Waals surface area contributed by atoms with Crippen LogP contribution < -0.4 is 0 Å². The maximum atomic E-state index is 13.5. The molecule has 1 aliphatic heterocycles. The standard InChI is InChI=1S/C24H19BrN2O/c25-20-12-6-4-11-19(20)24(28)27-15-14-18-17-10-5-7-13-21(17)26-22(18)23(27)16-8-2-1-3-9-16/h1-13,23,26H,14-15H2/t23-/m0/s1. The van der Waals surface area contributed by atoms with Crippen LogP contribution in [-0.4, -0.2) is 22.3 Å². The Bertz CT molecular complexity index is 1170. The van der Waals surface area contributed by atoms with Crippen LogP contribution in [0.5, 0.6) is 0 Å². The molecule has 3 nitrogen and oxygen atoms in total. The van der Waals surface area contributed by atoms with Crippen molar-refractivity contribution in [1.29, 1.82) is 0 Å². The summed E-state index contributed by atoms with van der Waals surface area (Å²) in [5.41, 5.74) is 5.39. The number of carbonyl (C=O) groups excluding carboxylic acids is 1. The molecule has 3 aromatic carbocycles. The van der Waals surface area contributed by atoms with E-state index in [2.05, 4.69) is 51.2 Å². The molecule has 0 radical (unpaired) electrons. The molecule has 0 saturated carbocycles. The lowest BCUT2D eigenvalue weighted by Gasteiger charge is -2.36. The predicted molar refractivity (Wildman–Crippen MR) is 115 cm³/mol. The number of hydrogen-bond acceptors (Lipinski definition) is 1. The van der Waals surface area contributed by atoms with E-state index >= 15 is 0 Å². The van der Waals surface area contributed by atoms with Gasteiger partial charge in [0.2, 0.25) is 0 Å². The Morgan fingerprint density at radius 1 is 0.929 bits per heavy atom. The summed E-state index contributed by atoms with van der Waals surface area (Å²) in [5, 5.41) is 1.26. The minimum absolute atomic E-state index is 0.0469. The van der Waals surface area contributed by atoms with Gasteiger partial charge in [-0.05, 0) is 51.7 Å². The van der Waals surface area contributed by atoms with Gasteiger partial charge in [-0.3, -0.25) is 4.79 Å². The van der Waals surface area contributed by atoms with E-state index in [0.717, 1.165) is 27.7 Å². The average Bonchev–Trinajstić information content (AvgIpc) is 3.12. The van der Waals surface area contributed by atoms with E-state index in [9.17, 15) is 4.79 Å². The number of fused-ring (bicyclic) bond motifs is 3. The Kier molecular flexibility index (Phi) is 4.29. The number of para-hydroxylation sites is 1. The fourth-order valence-corrected chi connectivity index (χ4v) is 4.69. The lowest BCUT2D eigenvalue weighted by Crippen LogP contribution is -2.40. The van der Waals surface area contributed by atoms with Gasteiger partial charge in [0, 0.05) is 27.6 Å². The number of amides is 1. The second-order valence-electron chi connectivity index (χ2n) is 7.10. The zero-order valence-electron chi connectivity index (χ0n) is 15.2. The molecule has 4 aromatic rings. The maximum absolute atomic E-state index is 13.5. The Labute approximate surface area is 172 Å². The van der Waals surface area contributed by atoms with Gasteiger partial charge in [-0.25, -0.2) is 0 Å². The van der Waals surface area contributed by atoms with Gasteiger partial charge in [0.05, 0.1) is 11.6 Å². The molecule has 2 heterocycles. The van der Waals surface area contributed by atoms with Crippen LogP contribution in [0.2, 0.25) is 0 Å². The fraction of sp³-hybridized carbons (Fsp3) is 0.125. The summed E-state index contributed by atoms with van der Waals surface area (Å²) < 4.78 is 0.828. The summed E-state index contributed by atoms with van der Waals surface area (Å²) >= 11 is 3.54. The minimum atomic E-state index is -0.128. The molecular weight excluding hydrogens is 412 g/mol. The third kappa shape index (κ3) is 2.76. The predicted octanol–water partition coefficient (Wildman–Crippen LogP) is 5.72. The number of hydrogen-bond donors (Lipinski definition) is 1. The highest BCUT2D eigenvalue weighted by Gasteiger charge is 2.35. The van der Waals surface area contributed by atoms with Crippen molar-refractivity contribution in [2.75, 3.05) is 6.54 Å². The van der Waals surface area contributed by atoms with Gasteiger partial charge in [-0.2, -0.15) is 0 Å². The highest BCUT2D eigenvalue weighted by Crippen LogP contribution is 2.39. The van der Waals surface area contributed by atoms with Crippen molar-refractivity contribution in [2.45, 2.75) is 12.5 Å². The van der Waals surface area contributed by atoms with Crippen LogP contribution in [0.15, 0.2) is 83.3 Å². The molecule has 0 unspecified atom stereocenters. The van der Waals surface area contributed by atoms with Crippen molar-refractivity contribution in [3.8, 4) is 0 Å². The normalized spacial score (nSPS) is 16.2. The maximum Gasteiger partial charge on any atom is 0.255 e. The van der Waals surface area contributed by atoms with Crippen LogP contribution in [0, 0.1) is 0 Å². The molecule has 0 fully saturated rings. The number of nitrogens with zero attached hydrogens (tertiary/aromatic N) is 1. The van der Waals surface area contributed by atoms with Gasteiger partial charge < -0.3 is 9.88 Å². The summed E-state index contributed by atoms with van der Waals surface area (Å²) in [6, 6.07) is 26.2. The number of H-pyrrole nitrogens is 1. The Balaban J connectivity index is 1.68. The van der Waals surface area contributed by atoms with E-state index in [0.29, 0.717) is 12.1 Å². The first-order chi connectivity index (χ1) is 13.7. The first-order valence-electron chi connectivity index (χ1n) is 9.44. The molecule has 0 spiro atoms. The Hall–Kier alpha value is -2.85. The number of aromatic nitrogens is 1. The Morgan fingerprint density at radius 3 is 2.46 bits per heavy atom. The number of benzene rings is 3. The number of rotatable bonds is 2. The zero-order valence-corrected chi connectivity index (χ0v) is 16.8. The molecule has 1 atom stereocenters. The van der Waals surface area contributed by atoms with Crippen molar-refractivity contribution in [3.05, 3.63) is 106 Å². The molecule has 1 aliphatic rings. The minimum Gasteiger partial charge on any atom is -0.356 e. The molecule has 1 amide bonds. The first kappa shape index (κ1) is 17.3. The zero-order chi connectivity index (χ0) is 19.1. The van der Waals surface area contributed by atoms with Gasteiger partial charge in [-0.1, -0.05) is 60.7 Å². The quantitative estimate of drug-likeness (QED) is 0.433. The van der Waals surface area contributed by atoms with Crippen molar-refractivity contribution in [2.24, 2.45) is 0 Å². The van der Waals surface area contributed by atoms with E-state index in [1.165, 1.54) is 10.9 Å². The van der Waals surface area contributed by atoms with Crippen LogP contribution in [0.25, 0.3) is 10.9 Å². The van der Waals surface area contributed by atoms with Crippen LogP contribution in [-0.2, 0) is 6.42 Å². The van der Waals surface area contributed by atoms with Crippen LogP contribution in [0.4, 0.5) is 0 Å². The Morgan fingerprint density at radius 2 is 1.64 bits per heavy atom. The summed E-state index contributed by atoms with van der Waals surface area (Å²) in [5.74, 6) is 0.0469. The number of nitrogens with one attached hydrogen (secondary N) is 1. The number of carbonyl (C=O) groups is 1. The molecule has 0 aliphatic carbocycles. The number of halogens is 1. The third-order valence-electron chi connectivity index (χ3n) is 5.51. The van der Waals surface area contributed by atoms with Crippen LogP contribution in [0.3, 0.4) is 0 Å². The molecule has 5 rings (SSSR count). The largest absolute Gasteiger partial charge is 0.356 e. The number of aromatic amines is 1. The van der Waals surface area contributed by atoms with E-state index < -0.39 is 0 Å². The molecule has 4 heteroatoms. The molecule has 0 saturated heterocycles. The topological polar surface area (TPSA) is 36.1 Å². The van der Waals surface area contributed by atoms with Crippen molar-refractivity contribution in [3.63, 3.8) is 0 Å². The van der Waals surface area contributed by atoms with Gasteiger partial charge in [-0.15, -0.1) is 0 Å². The van der Waals surface area contributed by atoms with Crippen molar-refractivity contribution < 1.29 is 4.79 Å². The van der Waals surface area contributed by atoms with Gasteiger partial charge in [0.1, 0.15) is 0 Å². The monoisotopic (exact) mass is 430 g/mol. The molecular formula is C24H19BrN2O. The average molecular weight is 431 g/mol. The summed E-state index contributed by atoms with van der Waals surface area (Å²) in [4.78, 5) is 19.1. The summed E-state index contributed by atoms with van der Waals surface area (Å²) in [6.07, 6.45) is 0.846. The first-order valence-corrected chi connectivity index (χ1v) is 10.2. The van der Waals surface area contributed by atoms with E-state index in [-0.39, 0.29) is 11.9 Å². The van der Waals surface area contributed by atoms with E-state index in [1.54, 1.807) is 0 Å². The molecule has 138 valence electrons. The van der Waals surface area contributed by atoms with E-state index in [4.69, 9.17) is 0 Å². The fourth-order valence-electron chi connectivity index (χ4n) is 4.23. The third-order valence-corrected chi connectivity index (χ3v) is 6.21. The highest BCUT2D eigenvalue weighted by atomic mass is 79.9. The van der Waals surface area contributed by atoms with Crippen molar-refractivity contribution >= 4 is 32.7 Å². The second kappa shape index (κ2) is 6.95. The lowest BCUT2D eigenvalue weighted by atomic mass is 9.91. The molecule has 0 bridgehead atoms. The molecule has 1 N–H and O–H groups in total. The van der Waals surface area contributed by atoms with Crippen LogP contribution >= 0.6 is 15.9 Å². The molecule has 1 aromatic heterocycles. The van der Waals surface area contributed by atoms with Crippen LogP contribution in [0.1, 0.15) is 33.2 Å². The lowest BCUT2D eigenvalue weighted by molar-refractivity contribution is 0.0691. The summed E-state index contributed by atoms with van der Waals surface area (Å²) in [6.45, 7) is 0.689. The van der Waals surface area contributed by atoms with Gasteiger partial charge >= 0.3 is 0 Å². The van der Waals surface area contributed by atoms with E-state index in [1.807, 2.05) is 53.4 Å². The van der Waals surface area contributed by atoms with Gasteiger partial charge in [0.15, 0.2) is 0 Å². The summed E-state index contributed by atoms with van der Waals surface area (Å²) in [7, 11) is 0. The highest BCUT2D eigenvalue weighted by molar-refractivity contribution is 9.10. The second-order valence-corrected chi connectivity index (χ2v) is 7.96. The smallest absolute Gasteiger partial charge is 0.255 e. The van der Waals surface area contributed by atoms with Gasteiger partial charge in [0.25, 0.3) is 5.91 Å². The van der Waals surface area contributed by atoms with Crippen molar-refractivity contribution in [1.82, 2.24) is 9.88 Å². The SMILES string of the molecule is O=C(c1ccccc1Br)N1CCc2c([nH]c3ccccc23)[C@@H]1c1ccccc1.